The average molecular weight is 421 g/mol. The molecular formula is C12H9Br3N2. The third-order valence-corrected chi connectivity index (χ3v) is 3.93. The van der Waals surface area contributed by atoms with Crippen molar-refractivity contribution in [1.29, 1.82) is 0 Å². The van der Waals surface area contributed by atoms with Crippen LogP contribution >= 0.6 is 47.8 Å². The molecule has 0 radical (unpaired) electrons. The summed E-state index contributed by atoms with van der Waals surface area (Å²) < 4.78 is 3.08. The Morgan fingerprint density at radius 1 is 1.00 bits per heavy atom. The number of hydrogen-bond acceptors (Lipinski definition) is 2. The molecule has 88 valence electrons. The monoisotopic (exact) mass is 418 g/mol. The van der Waals surface area contributed by atoms with Crippen LogP contribution < -0.4 is 5.32 Å². The van der Waals surface area contributed by atoms with Crippen LogP contribution in [0.5, 0.6) is 0 Å². The van der Waals surface area contributed by atoms with Crippen molar-refractivity contribution in [2.24, 2.45) is 0 Å². The molecule has 1 N–H and O–H groups in total. The van der Waals surface area contributed by atoms with Crippen molar-refractivity contribution in [2.45, 2.75) is 6.54 Å². The minimum atomic E-state index is 0.765. The van der Waals surface area contributed by atoms with Crippen molar-refractivity contribution in [1.82, 2.24) is 4.98 Å². The van der Waals surface area contributed by atoms with E-state index in [0.29, 0.717) is 0 Å². The number of anilines is 1. The normalized spacial score (nSPS) is 10.3. The van der Waals surface area contributed by atoms with E-state index in [1.54, 1.807) is 12.4 Å². The molecule has 1 aromatic heterocycles. The number of nitrogens with one attached hydrogen (secondary N) is 1. The minimum Gasteiger partial charge on any atom is -0.379 e. The zero-order valence-electron chi connectivity index (χ0n) is 8.75. The number of aromatic nitrogens is 1. The molecule has 2 aromatic rings. The van der Waals surface area contributed by atoms with E-state index < -0.39 is 0 Å². The van der Waals surface area contributed by atoms with Crippen LogP contribution in [0.3, 0.4) is 0 Å². The Morgan fingerprint density at radius 2 is 1.59 bits per heavy atom. The van der Waals surface area contributed by atoms with Gasteiger partial charge in [-0.05, 0) is 61.7 Å². The maximum atomic E-state index is 3.99. The molecule has 0 amide bonds. The molecule has 2 rings (SSSR count). The van der Waals surface area contributed by atoms with E-state index in [0.717, 1.165) is 25.7 Å². The predicted molar refractivity (Wildman–Crippen MR) is 81.1 cm³/mol. The number of rotatable bonds is 3. The number of halogens is 3. The van der Waals surface area contributed by atoms with Gasteiger partial charge in [0, 0.05) is 32.4 Å². The Morgan fingerprint density at radius 3 is 2.18 bits per heavy atom. The molecule has 0 atom stereocenters. The largest absolute Gasteiger partial charge is 0.379 e. The Bertz CT molecular complexity index is 491. The number of pyridine rings is 1. The summed E-state index contributed by atoms with van der Waals surface area (Å²) in [6.45, 7) is 0.765. The smallest absolute Gasteiger partial charge is 0.0632 e. The van der Waals surface area contributed by atoms with Gasteiger partial charge in [-0.3, -0.25) is 4.98 Å². The summed E-state index contributed by atoms with van der Waals surface area (Å²) in [6.07, 6.45) is 3.59. The quantitative estimate of drug-likeness (QED) is 0.757. The molecule has 0 saturated heterocycles. The lowest BCUT2D eigenvalue weighted by Gasteiger charge is -2.11. The zero-order chi connectivity index (χ0) is 12.3. The van der Waals surface area contributed by atoms with E-state index in [9.17, 15) is 0 Å². The van der Waals surface area contributed by atoms with Crippen LogP contribution in [-0.4, -0.2) is 4.98 Å². The topological polar surface area (TPSA) is 24.9 Å². The maximum Gasteiger partial charge on any atom is 0.0632 e. The van der Waals surface area contributed by atoms with E-state index in [4.69, 9.17) is 0 Å². The number of hydrogen-bond donors (Lipinski definition) is 1. The summed E-state index contributed by atoms with van der Waals surface area (Å²) in [5.74, 6) is 0. The Kier molecular flexibility index (Phi) is 4.59. The van der Waals surface area contributed by atoms with E-state index in [2.05, 4.69) is 58.1 Å². The molecule has 0 aliphatic heterocycles. The SMILES string of the molecule is Brc1cc(Br)c(NCc2ccncc2)c(Br)c1. The molecule has 1 aromatic carbocycles. The van der Waals surface area contributed by atoms with Crippen LogP contribution in [0.15, 0.2) is 50.1 Å². The van der Waals surface area contributed by atoms with Gasteiger partial charge in [-0.15, -0.1) is 0 Å². The van der Waals surface area contributed by atoms with Gasteiger partial charge in [-0.2, -0.15) is 0 Å². The van der Waals surface area contributed by atoms with Crippen LogP contribution in [0.1, 0.15) is 5.56 Å². The minimum absolute atomic E-state index is 0.765. The first-order chi connectivity index (χ1) is 8.16. The van der Waals surface area contributed by atoms with Crippen LogP contribution in [0.25, 0.3) is 0 Å². The van der Waals surface area contributed by atoms with E-state index in [1.165, 1.54) is 5.56 Å². The van der Waals surface area contributed by atoms with Gasteiger partial charge in [0.15, 0.2) is 0 Å². The highest BCUT2D eigenvalue weighted by Gasteiger charge is 2.06. The molecule has 2 nitrogen and oxygen atoms in total. The molecule has 0 aliphatic carbocycles. The third kappa shape index (κ3) is 3.53. The zero-order valence-corrected chi connectivity index (χ0v) is 13.5. The highest BCUT2D eigenvalue weighted by Crippen LogP contribution is 2.34. The second-order valence-corrected chi connectivity index (χ2v) is 6.08. The fraction of sp³-hybridized carbons (Fsp3) is 0.0833. The van der Waals surface area contributed by atoms with Crippen molar-refractivity contribution >= 4 is 53.5 Å². The summed E-state index contributed by atoms with van der Waals surface area (Å²) in [7, 11) is 0. The highest BCUT2D eigenvalue weighted by atomic mass is 79.9. The first-order valence-corrected chi connectivity index (χ1v) is 7.32. The number of nitrogens with zero attached hydrogens (tertiary/aromatic N) is 1. The fourth-order valence-corrected chi connectivity index (χ4v) is 3.94. The van der Waals surface area contributed by atoms with Gasteiger partial charge in [0.05, 0.1) is 5.69 Å². The molecule has 0 aliphatic rings. The number of benzene rings is 1. The summed E-state index contributed by atoms with van der Waals surface area (Å²) in [6, 6.07) is 8.01. The Balaban J connectivity index is 2.15. The van der Waals surface area contributed by atoms with Gasteiger partial charge in [0.1, 0.15) is 0 Å². The third-order valence-electron chi connectivity index (χ3n) is 2.23. The van der Waals surface area contributed by atoms with Crippen molar-refractivity contribution in [3.63, 3.8) is 0 Å². The molecule has 0 saturated carbocycles. The van der Waals surface area contributed by atoms with Crippen molar-refractivity contribution in [3.8, 4) is 0 Å². The summed E-state index contributed by atoms with van der Waals surface area (Å²) >= 11 is 10.5. The summed E-state index contributed by atoms with van der Waals surface area (Å²) in [5, 5.41) is 3.38. The molecule has 0 bridgehead atoms. The molecule has 0 fully saturated rings. The van der Waals surface area contributed by atoms with E-state index in [-0.39, 0.29) is 0 Å². The van der Waals surface area contributed by atoms with Crippen molar-refractivity contribution in [3.05, 3.63) is 55.6 Å². The average Bonchev–Trinajstić information content (AvgIpc) is 2.29. The Hall–Kier alpha value is -0.390. The molecule has 5 heteroatoms. The van der Waals surface area contributed by atoms with E-state index in [1.807, 2.05) is 24.3 Å². The fourth-order valence-electron chi connectivity index (χ4n) is 1.40. The molecule has 1 heterocycles. The highest BCUT2D eigenvalue weighted by molar-refractivity contribution is 9.11. The molecule has 17 heavy (non-hydrogen) atoms. The summed E-state index contributed by atoms with van der Waals surface area (Å²) in [4.78, 5) is 3.99. The van der Waals surface area contributed by atoms with Crippen molar-refractivity contribution < 1.29 is 0 Å². The van der Waals surface area contributed by atoms with Gasteiger partial charge in [0.2, 0.25) is 0 Å². The molecule has 0 spiro atoms. The van der Waals surface area contributed by atoms with Crippen LogP contribution in [0.4, 0.5) is 5.69 Å². The van der Waals surface area contributed by atoms with Crippen LogP contribution in [0, 0.1) is 0 Å². The van der Waals surface area contributed by atoms with E-state index >= 15 is 0 Å². The first kappa shape index (κ1) is 13.1. The van der Waals surface area contributed by atoms with Crippen LogP contribution in [0.2, 0.25) is 0 Å². The van der Waals surface area contributed by atoms with Gasteiger partial charge < -0.3 is 5.32 Å². The second-order valence-electron chi connectivity index (χ2n) is 3.45. The lowest BCUT2D eigenvalue weighted by molar-refractivity contribution is 1.12. The predicted octanol–water partition coefficient (Wildman–Crippen LogP) is 4.98. The van der Waals surface area contributed by atoms with Gasteiger partial charge in [-0.25, -0.2) is 0 Å². The second kappa shape index (κ2) is 5.98. The maximum absolute atomic E-state index is 3.99. The summed E-state index contributed by atoms with van der Waals surface area (Å²) in [5.41, 5.74) is 2.24. The van der Waals surface area contributed by atoms with Gasteiger partial charge in [-0.1, -0.05) is 15.9 Å². The Labute approximate surface area is 125 Å². The van der Waals surface area contributed by atoms with Crippen LogP contribution in [-0.2, 0) is 6.54 Å². The van der Waals surface area contributed by atoms with Gasteiger partial charge in [0.25, 0.3) is 0 Å². The lowest BCUT2D eigenvalue weighted by Crippen LogP contribution is -2.00. The molecular weight excluding hydrogens is 412 g/mol. The standard InChI is InChI=1S/C12H9Br3N2/c13-9-5-10(14)12(11(15)6-9)17-7-8-1-3-16-4-2-8/h1-6,17H,7H2. The first-order valence-electron chi connectivity index (χ1n) is 4.94. The van der Waals surface area contributed by atoms with Gasteiger partial charge >= 0.3 is 0 Å². The lowest BCUT2D eigenvalue weighted by atomic mass is 10.2. The van der Waals surface area contributed by atoms with Crippen molar-refractivity contribution in [2.75, 3.05) is 5.32 Å². The molecule has 0 unspecified atom stereocenters.